The third-order valence-electron chi connectivity index (χ3n) is 3.51. The first-order chi connectivity index (χ1) is 8.72. The summed E-state index contributed by atoms with van der Waals surface area (Å²) in [4.78, 5) is 1.38. The Labute approximate surface area is 126 Å². The van der Waals surface area contributed by atoms with Gasteiger partial charge in [0, 0.05) is 20.6 Å². The van der Waals surface area contributed by atoms with Gasteiger partial charge in [0.15, 0.2) is 0 Å². The molecule has 0 N–H and O–H groups in total. The standard InChI is InChI=1S/C15H16BrClS/c1-2-15(11-17,12-6-4-3-5-7-12)10-14-13(16)8-9-18-14/h3-9H,2,10-11H2,1H3. The van der Waals surface area contributed by atoms with Crippen LogP contribution in [0.15, 0.2) is 46.3 Å². The van der Waals surface area contributed by atoms with Crippen molar-refractivity contribution in [3.63, 3.8) is 0 Å². The van der Waals surface area contributed by atoms with Crippen LogP contribution in [0.25, 0.3) is 0 Å². The van der Waals surface area contributed by atoms with Gasteiger partial charge < -0.3 is 0 Å². The number of hydrogen-bond acceptors (Lipinski definition) is 1. The maximum Gasteiger partial charge on any atom is 0.0323 e. The van der Waals surface area contributed by atoms with Crippen LogP contribution >= 0.6 is 38.9 Å². The zero-order valence-electron chi connectivity index (χ0n) is 10.3. The van der Waals surface area contributed by atoms with E-state index in [-0.39, 0.29) is 5.41 Å². The molecule has 1 aromatic carbocycles. The lowest BCUT2D eigenvalue weighted by molar-refractivity contribution is 0.461. The van der Waals surface area contributed by atoms with Crippen LogP contribution < -0.4 is 0 Å². The Morgan fingerprint density at radius 1 is 1.22 bits per heavy atom. The van der Waals surface area contributed by atoms with Crippen molar-refractivity contribution in [3.05, 3.63) is 56.7 Å². The van der Waals surface area contributed by atoms with E-state index in [1.54, 1.807) is 11.3 Å². The Morgan fingerprint density at radius 2 is 1.94 bits per heavy atom. The van der Waals surface area contributed by atoms with Crippen LogP contribution in [0.5, 0.6) is 0 Å². The predicted molar refractivity (Wildman–Crippen MR) is 84.9 cm³/mol. The molecular formula is C15H16BrClS. The first kappa shape index (κ1) is 14.1. The van der Waals surface area contributed by atoms with Gasteiger partial charge in [0.1, 0.15) is 0 Å². The van der Waals surface area contributed by atoms with Crippen LogP contribution in [-0.2, 0) is 11.8 Å². The van der Waals surface area contributed by atoms with E-state index in [1.165, 1.54) is 14.9 Å². The molecule has 1 atom stereocenters. The van der Waals surface area contributed by atoms with Gasteiger partial charge in [-0.15, -0.1) is 22.9 Å². The maximum atomic E-state index is 6.32. The minimum absolute atomic E-state index is 0.0379. The predicted octanol–water partition coefficient (Wildman–Crippen LogP) is 5.64. The van der Waals surface area contributed by atoms with Crippen molar-refractivity contribution in [1.29, 1.82) is 0 Å². The Bertz CT molecular complexity index is 488. The topological polar surface area (TPSA) is 0 Å². The summed E-state index contributed by atoms with van der Waals surface area (Å²) in [6.07, 6.45) is 2.04. The summed E-state index contributed by atoms with van der Waals surface area (Å²) in [6.45, 7) is 2.22. The number of halogens is 2. The fraction of sp³-hybridized carbons (Fsp3) is 0.333. The molecule has 0 amide bonds. The second kappa shape index (κ2) is 6.23. The lowest BCUT2D eigenvalue weighted by Crippen LogP contribution is -2.30. The Morgan fingerprint density at radius 3 is 2.44 bits per heavy atom. The number of benzene rings is 1. The monoisotopic (exact) mass is 342 g/mol. The summed E-state index contributed by atoms with van der Waals surface area (Å²) >= 11 is 11.7. The molecule has 0 bridgehead atoms. The molecule has 0 aliphatic rings. The zero-order chi connectivity index (χ0) is 13.0. The largest absolute Gasteiger partial charge is 0.148 e. The maximum absolute atomic E-state index is 6.32. The average molecular weight is 344 g/mol. The minimum Gasteiger partial charge on any atom is -0.148 e. The molecule has 1 aromatic heterocycles. The van der Waals surface area contributed by atoms with Gasteiger partial charge in [0.25, 0.3) is 0 Å². The number of rotatable bonds is 5. The molecule has 0 saturated heterocycles. The summed E-state index contributed by atoms with van der Waals surface area (Å²) in [7, 11) is 0. The van der Waals surface area contributed by atoms with E-state index in [0.717, 1.165) is 12.8 Å². The van der Waals surface area contributed by atoms with E-state index in [4.69, 9.17) is 11.6 Å². The van der Waals surface area contributed by atoms with Gasteiger partial charge in [0.2, 0.25) is 0 Å². The van der Waals surface area contributed by atoms with Crippen LogP contribution in [0, 0.1) is 0 Å². The van der Waals surface area contributed by atoms with Crippen LogP contribution in [0.3, 0.4) is 0 Å². The minimum atomic E-state index is 0.0379. The van der Waals surface area contributed by atoms with E-state index in [1.807, 2.05) is 0 Å². The van der Waals surface area contributed by atoms with Gasteiger partial charge in [-0.3, -0.25) is 0 Å². The zero-order valence-corrected chi connectivity index (χ0v) is 13.5. The second-order valence-electron chi connectivity index (χ2n) is 4.50. The molecule has 2 rings (SSSR count). The van der Waals surface area contributed by atoms with E-state index in [0.29, 0.717) is 5.88 Å². The van der Waals surface area contributed by atoms with Crippen LogP contribution in [0.2, 0.25) is 0 Å². The summed E-state index contributed by atoms with van der Waals surface area (Å²) in [5.41, 5.74) is 1.37. The van der Waals surface area contributed by atoms with Crippen LogP contribution in [0.4, 0.5) is 0 Å². The molecule has 0 fully saturated rings. The average Bonchev–Trinajstić information content (AvgIpc) is 2.82. The number of hydrogen-bond donors (Lipinski definition) is 0. The second-order valence-corrected chi connectivity index (χ2v) is 6.62. The molecule has 1 unspecified atom stereocenters. The van der Waals surface area contributed by atoms with Crippen molar-refractivity contribution in [2.24, 2.45) is 0 Å². The molecule has 0 nitrogen and oxygen atoms in total. The molecule has 0 spiro atoms. The number of thiophene rings is 1. The van der Waals surface area contributed by atoms with Gasteiger partial charge in [0.05, 0.1) is 0 Å². The fourth-order valence-corrected chi connectivity index (χ4v) is 4.27. The van der Waals surface area contributed by atoms with Crippen LogP contribution in [-0.4, -0.2) is 5.88 Å². The van der Waals surface area contributed by atoms with E-state index in [9.17, 15) is 0 Å². The molecule has 18 heavy (non-hydrogen) atoms. The quantitative estimate of drug-likeness (QED) is 0.616. The van der Waals surface area contributed by atoms with Crippen molar-refractivity contribution in [2.45, 2.75) is 25.2 Å². The summed E-state index contributed by atoms with van der Waals surface area (Å²) in [5.74, 6) is 0.651. The van der Waals surface area contributed by atoms with Gasteiger partial charge in [-0.1, -0.05) is 37.3 Å². The molecule has 1 heterocycles. The van der Waals surface area contributed by atoms with E-state index in [2.05, 4.69) is 64.6 Å². The van der Waals surface area contributed by atoms with E-state index >= 15 is 0 Å². The number of alkyl halides is 1. The highest BCUT2D eigenvalue weighted by atomic mass is 79.9. The van der Waals surface area contributed by atoms with Crippen molar-refractivity contribution >= 4 is 38.9 Å². The van der Waals surface area contributed by atoms with Gasteiger partial charge in [-0.25, -0.2) is 0 Å². The molecule has 0 saturated carbocycles. The molecule has 3 heteroatoms. The Hall–Kier alpha value is -0.310. The fourth-order valence-electron chi connectivity index (χ4n) is 2.20. The molecule has 96 valence electrons. The molecular weight excluding hydrogens is 328 g/mol. The third-order valence-corrected chi connectivity index (χ3v) is 5.95. The highest BCUT2D eigenvalue weighted by Crippen LogP contribution is 2.37. The lowest BCUT2D eigenvalue weighted by Gasteiger charge is -2.31. The molecule has 0 radical (unpaired) electrons. The first-order valence-corrected chi connectivity index (χ1v) is 8.26. The lowest BCUT2D eigenvalue weighted by atomic mass is 9.76. The van der Waals surface area contributed by atoms with Gasteiger partial charge in [-0.05, 0) is 45.8 Å². The van der Waals surface area contributed by atoms with Gasteiger partial charge in [-0.2, -0.15) is 0 Å². The van der Waals surface area contributed by atoms with Crippen molar-refractivity contribution in [2.75, 3.05) is 5.88 Å². The summed E-state index contributed by atoms with van der Waals surface area (Å²) < 4.78 is 1.20. The molecule has 2 aromatic rings. The van der Waals surface area contributed by atoms with Crippen molar-refractivity contribution in [3.8, 4) is 0 Å². The molecule has 0 aliphatic carbocycles. The first-order valence-electron chi connectivity index (χ1n) is 6.05. The van der Waals surface area contributed by atoms with Gasteiger partial charge >= 0.3 is 0 Å². The molecule has 0 aliphatic heterocycles. The third kappa shape index (κ3) is 2.81. The summed E-state index contributed by atoms with van der Waals surface area (Å²) in [5, 5.41) is 2.12. The normalized spacial score (nSPS) is 14.4. The van der Waals surface area contributed by atoms with Crippen molar-refractivity contribution < 1.29 is 0 Å². The SMILES string of the molecule is CCC(CCl)(Cc1sccc1Br)c1ccccc1. The Kier molecular flexibility index (Phi) is 4.88. The highest BCUT2D eigenvalue weighted by Gasteiger charge is 2.30. The van der Waals surface area contributed by atoms with E-state index < -0.39 is 0 Å². The summed E-state index contributed by atoms with van der Waals surface area (Å²) in [6, 6.07) is 12.7. The smallest absolute Gasteiger partial charge is 0.0323 e. The van der Waals surface area contributed by atoms with Crippen molar-refractivity contribution in [1.82, 2.24) is 0 Å². The Balaban J connectivity index is 2.36. The highest BCUT2D eigenvalue weighted by molar-refractivity contribution is 9.10. The van der Waals surface area contributed by atoms with Crippen LogP contribution in [0.1, 0.15) is 23.8 Å².